The summed E-state index contributed by atoms with van der Waals surface area (Å²) < 4.78 is 0. The highest BCUT2D eigenvalue weighted by atomic mass is 14.7. The second-order valence-electron chi connectivity index (χ2n) is 11.1. The van der Waals surface area contributed by atoms with Gasteiger partial charge < -0.3 is 10.7 Å². The first-order valence-electron chi connectivity index (χ1n) is 12.6. The van der Waals surface area contributed by atoms with Crippen LogP contribution in [0.3, 0.4) is 0 Å². The summed E-state index contributed by atoms with van der Waals surface area (Å²) in [6.07, 6.45) is 12.2. The number of rotatable bonds is 6. The Hall–Kier alpha value is -2.06. The van der Waals surface area contributed by atoms with Crippen LogP contribution in [-0.2, 0) is 11.8 Å². The van der Waals surface area contributed by atoms with E-state index in [9.17, 15) is 0 Å². The van der Waals surface area contributed by atoms with Crippen LogP contribution in [0.4, 0.5) is 0 Å². The van der Waals surface area contributed by atoms with Crippen molar-refractivity contribution in [2.45, 2.75) is 70.1 Å². The van der Waals surface area contributed by atoms with Crippen LogP contribution in [0.25, 0.3) is 22.2 Å². The quantitative estimate of drug-likeness (QED) is 0.425. The minimum atomic E-state index is 0.457. The maximum absolute atomic E-state index is 5.84. The third kappa shape index (κ3) is 3.35. The van der Waals surface area contributed by atoms with E-state index in [-0.39, 0.29) is 0 Å². The van der Waals surface area contributed by atoms with Crippen LogP contribution in [0, 0.1) is 24.7 Å². The SMILES string of the molecule is Cc1cccc(-c2[nH]c3ccc(C45CC6CC(CC(C6)C4)C5)cc3c2CCCCN)c1. The molecule has 4 aliphatic rings. The van der Waals surface area contributed by atoms with E-state index in [0.29, 0.717) is 5.41 Å². The van der Waals surface area contributed by atoms with Crippen molar-refractivity contribution in [1.29, 1.82) is 0 Å². The Labute approximate surface area is 186 Å². The van der Waals surface area contributed by atoms with E-state index in [4.69, 9.17) is 5.73 Å². The zero-order chi connectivity index (χ0) is 21.0. The predicted octanol–water partition coefficient (Wildman–Crippen LogP) is 6.89. The van der Waals surface area contributed by atoms with Crippen LogP contribution in [0.2, 0.25) is 0 Å². The number of benzene rings is 2. The maximum atomic E-state index is 5.84. The Kier molecular flexibility index (Phi) is 4.76. The molecule has 7 rings (SSSR count). The number of fused-ring (bicyclic) bond motifs is 1. The summed E-state index contributed by atoms with van der Waals surface area (Å²) in [6, 6.07) is 16.4. The zero-order valence-corrected chi connectivity index (χ0v) is 18.9. The van der Waals surface area contributed by atoms with Crippen molar-refractivity contribution in [2.24, 2.45) is 23.5 Å². The summed E-state index contributed by atoms with van der Waals surface area (Å²) >= 11 is 0. The molecular formula is C29H36N2. The lowest BCUT2D eigenvalue weighted by atomic mass is 9.48. The van der Waals surface area contributed by atoms with Gasteiger partial charge in [-0.3, -0.25) is 0 Å². The van der Waals surface area contributed by atoms with Gasteiger partial charge in [-0.05, 0) is 129 Å². The lowest BCUT2D eigenvalue weighted by Gasteiger charge is -2.57. The van der Waals surface area contributed by atoms with Crippen molar-refractivity contribution in [3.8, 4) is 11.3 Å². The molecule has 0 unspecified atom stereocenters. The molecule has 0 saturated heterocycles. The van der Waals surface area contributed by atoms with Gasteiger partial charge in [0.25, 0.3) is 0 Å². The number of H-pyrrole nitrogens is 1. The van der Waals surface area contributed by atoms with E-state index in [1.165, 1.54) is 71.8 Å². The zero-order valence-electron chi connectivity index (χ0n) is 18.9. The minimum Gasteiger partial charge on any atom is -0.354 e. The van der Waals surface area contributed by atoms with E-state index < -0.39 is 0 Å². The van der Waals surface area contributed by atoms with Gasteiger partial charge in [-0.1, -0.05) is 29.8 Å². The fourth-order valence-electron chi connectivity index (χ4n) is 7.79. The molecule has 4 bridgehead atoms. The second kappa shape index (κ2) is 7.52. The molecule has 4 fully saturated rings. The van der Waals surface area contributed by atoms with Crippen molar-refractivity contribution >= 4 is 10.9 Å². The highest BCUT2D eigenvalue weighted by molar-refractivity contribution is 5.91. The Morgan fingerprint density at radius 3 is 2.35 bits per heavy atom. The van der Waals surface area contributed by atoms with Crippen LogP contribution in [0.5, 0.6) is 0 Å². The van der Waals surface area contributed by atoms with Gasteiger partial charge in [0.1, 0.15) is 0 Å². The number of hydrogen-bond donors (Lipinski definition) is 2. The Morgan fingerprint density at radius 2 is 1.68 bits per heavy atom. The first kappa shape index (κ1) is 19.6. The molecule has 0 aliphatic heterocycles. The molecule has 0 amide bonds. The standard InChI is InChI=1S/C29H36N2/c1-19-5-4-6-23(11-19)28-25(7-2-3-10-30)26-15-24(8-9-27(26)31-28)29-16-20-12-21(17-29)14-22(13-20)18-29/h4-6,8-9,11,15,20-22,31H,2-3,7,10,12-14,16-18,30H2,1H3. The molecule has 3 aromatic rings. The van der Waals surface area contributed by atoms with Gasteiger partial charge in [0.15, 0.2) is 0 Å². The molecule has 0 spiro atoms. The number of unbranched alkanes of at least 4 members (excludes halogenated alkanes) is 1. The summed E-state index contributed by atoms with van der Waals surface area (Å²) in [7, 11) is 0. The fraction of sp³-hybridized carbons (Fsp3) is 0.517. The van der Waals surface area contributed by atoms with E-state index >= 15 is 0 Å². The molecule has 0 atom stereocenters. The monoisotopic (exact) mass is 412 g/mol. The normalized spacial score (nSPS) is 29.2. The summed E-state index contributed by atoms with van der Waals surface area (Å²) in [5.74, 6) is 2.96. The fourth-order valence-corrected chi connectivity index (χ4v) is 7.79. The van der Waals surface area contributed by atoms with E-state index in [1.54, 1.807) is 5.56 Å². The van der Waals surface area contributed by atoms with E-state index in [2.05, 4.69) is 54.4 Å². The molecule has 1 heterocycles. The van der Waals surface area contributed by atoms with Crippen molar-refractivity contribution < 1.29 is 0 Å². The number of aromatic nitrogens is 1. The number of aromatic amines is 1. The first-order chi connectivity index (χ1) is 15.1. The highest BCUT2D eigenvalue weighted by Gasteiger charge is 2.51. The molecule has 0 radical (unpaired) electrons. The van der Waals surface area contributed by atoms with Crippen LogP contribution in [-0.4, -0.2) is 11.5 Å². The lowest BCUT2D eigenvalue weighted by Crippen LogP contribution is -2.48. The predicted molar refractivity (Wildman–Crippen MR) is 130 cm³/mol. The minimum absolute atomic E-state index is 0.457. The first-order valence-corrected chi connectivity index (χ1v) is 12.6. The molecule has 3 N–H and O–H groups in total. The van der Waals surface area contributed by atoms with Gasteiger partial charge in [-0.2, -0.15) is 0 Å². The molecule has 2 nitrogen and oxygen atoms in total. The molecule has 4 saturated carbocycles. The average Bonchev–Trinajstić information content (AvgIpc) is 3.11. The van der Waals surface area contributed by atoms with Gasteiger partial charge >= 0.3 is 0 Å². The number of aryl methyl sites for hydroxylation is 2. The van der Waals surface area contributed by atoms with Crippen LogP contribution in [0.1, 0.15) is 68.1 Å². The molecule has 2 aromatic carbocycles. The average molecular weight is 413 g/mol. The van der Waals surface area contributed by atoms with E-state index in [0.717, 1.165) is 43.6 Å². The summed E-state index contributed by atoms with van der Waals surface area (Å²) in [5.41, 5.74) is 14.7. The molecule has 31 heavy (non-hydrogen) atoms. The Morgan fingerprint density at radius 1 is 0.935 bits per heavy atom. The molecule has 2 heteroatoms. The smallest absolute Gasteiger partial charge is 0.0497 e. The van der Waals surface area contributed by atoms with Crippen LogP contribution < -0.4 is 5.73 Å². The topological polar surface area (TPSA) is 41.8 Å². The summed E-state index contributed by atoms with van der Waals surface area (Å²) in [4.78, 5) is 3.80. The van der Waals surface area contributed by atoms with Crippen molar-refractivity contribution in [3.63, 3.8) is 0 Å². The number of hydrogen-bond acceptors (Lipinski definition) is 1. The molecule has 162 valence electrons. The van der Waals surface area contributed by atoms with Crippen LogP contribution >= 0.6 is 0 Å². The summed E-state index contributed by atoms with van der Waals surface area (Å²) in [6.45, 7) is 2.96. The Bertz CT molecular complexity index is 1070. The second-order valence-corrected chi connectivity index (χ2v) is 11.1. The third-order valence-electron chi connectivity index (χ3n) is 8.74. The number of nitrogens with two attached hydrogens (primary N) is 1. The third-order valence-corrected chi connectivity index (χ3v) is 8.74. The molecule has 1 aromatic heterocycles. The Balaban J connectivity index is 1.45. The van der Waals surface area contributed by atoms with Gasteiger partial charge in [0, 0.05) is 16.6 Å². The van der Waals surface area contributed by atoms with Gasteiger partial charge in [0.05, 0.1) is 0 Å². The largest absolute Gasteiger partial charge is 0.354 e. The van der Waals surface area contributed by atoms with Crippen molar-refractivity contribution in [1.82, 2.24) is 4.98 Å². The van der Waals surface area contributed by atoms with Gasteiger partial charge in [-0.25, -0.2) is 0 Å². The van der Waals surface area contributed by atoms with Gasteiger partial charge in [0.2, 0.25) is 0 Å². The summed E-state index contributed by atoms with van der Waals surface area (Å²) in [5, 5.41) is 1.46. The van der Waals surface area contributed by atoms with Crippen molar-refractivity contribution in [2.75, 3.05) is 6.54 Å². The number of nitrogens with one attached hydrogen (secondary N) is 1. The van der Waals surface area contributed by atoms with Crippen LogP contribution in [0.15, 0.2) is 42.5 Å². The molecular weight excluding hydrogens is 376 g/mol. The highest BCUT2D eigenvalue weighted by Crippen LogP contribution is 2.61. The molecule has 4 aliphatic carbocycles. The van der Waals surface area contributed by atoms with Gasteiger partial charge in [-0.15, -0.1) is 0 Å². The van der Waals surface area contributed by atoms with Crippen molar-refractivity contribution in [3.05, 3.63) is 59.2 Å². The lowest BCUT2D eigenvalue weighted by molar-refractivity contribution is -0.00513. The maximum Gasteiger partial charge on any atom is 0.0497 e. The van der Waals surface area contributed by atoms with E-state index in [1.807, 2.05) is 0 Å².